The van der Waals surface area contributed by atoms with E-state index in [1.807, 2.05) is 18.2 Å². The lowest BCUT2D eigenvalue weighted by atomic mass is 9.99. The Kier molecular flexibility index (Phi) is 3.89. The van der Waals surface area contributed by atoms with Crippen LogP contribution in [0.5, 0.6) is 0 Å². The molecule has 5 N–H and O–H groups in total. The van der Waals surface area contributed by atoms with Gasteiger partial charge in [0.15, 0.2) is 0 Å². The van der Waals surface area contributed by atoms with Crippen LogP contribution < -0.4 is 11.5 Å². The fourth-order valence-electron chi connectivity index (χ4n) is 1.31. The molecular formula is C10H15N2O. The van der Waals surface area contributed by atoms with Gasteiger partial charge in [-0.05, 0) is 29.7 Å². The molecule has 3 heteroatoms. The normalized spacial score (nSPS) is 12.8. The van der Waals surface area contributed by atoms with Gasteiger partial charge in [-0.3, -0.25) is 0 Å². The fraction of sp³-hybridized carbons (Fsp3) is 0.400. The molecule has 1 atom stereocenters. The lowest BCUT2D eigenvalue weighted by Crippen LogP contribution is -2.15. The summed E-state index contributed by atoms with van der Waals surface area (Å²) in [5.74, 6) is 0. The molecule has 1 rings (SSSR count). The molecule has 0 aliphatic rings. The van der Waals surface area contributed by atoms with Crippen LogP contribution in [0.1, 0.15) is 23.6 Å². The molecule has 0 bridgehead atoms. The number of hydrogen-bond acceptors (Lipinski definition) is 3. The van der Waals surface area contributed by atoms with Gasteiger partial charge in [0, 0.05) is 19.2 Å². The second-order valence-electron chi connectivity index (χ2n) is 2.95. The molecule has 0 aliphatic heterocycles. The zero-order valence-electron chi connectivity index (χ0n) is 7.53. The Morgan fingerprint density at radius 3 is 2.92 bits per heavy atom. The summed E-state index contributed by atoms with van der Waals surface area (Å²) in [4.78, 5) is 0. The van der Waals surface area contributed by atoms with Gasteiger partial charge in [-0.25, -0.2) is 0 Å². The number of nitrogens with two attached hydrogens (primary N) is 2. The zero-order valence-corrected chi connectivity index (χ0v) is 7.53. The first-order valence-electron chi connectivity index (χ1n) is 4.35. The molecule has 0 spiro atoms. The number of hydrogen-bond donors (Lipinski definition) is 3. The van der Waals surface area contributed by atoms with Gasteiger partial charge in [0.1, 0.15) is 0 Å². The minimum absolute atomic E-state index is 0.101. The van der Waals surface area contributed by atoms with Crippen molar-refractivity contribution in [2.75, 3.05) is 6.61 Å². The average Bonchev–Trinajstić information content (AvgIpc) is 2.18. The van der Waals surface area contributed by atoms with Crippen molar-refractivity contribution < 1.29 is 5.11 Å². The second kappa shape index (κ2) is 4.97. The summed E-state index contributed by atoms with van der Waals surface area (Å²) in [6, 6.07) is 8.38. The molecule has 0 saturated heterocycles. The lowest BCUT2D eigenvalue weighted by Gasteiger charge is -2.13. The van der Waals surface area contributed by atoms with E-state index in [1.54, 1.807) is 0 Å². The lowest BCUT2D eigenvalue weighted by molar-refractivity contribution is 0.276. The molecule has 0 fully saturated rings. The third kappa shape index (κ3) is 2.52. The highest BCUT2D eigenvalue weighted by molar-refractivity contribution is 5.29. The molecule has 1 aromatic rings. The molecule has 0 amide bonds. The van der Waals surface area contributed by atoms with Crippen LogP contribution in [0.15, 0.2) is 18.2 Å². The van der Waals surface area contributed by atoms with E-state index in [-0.39, 0.29) is 12.6 Å². The van der Waals surface area contributed by atoms with Crippen molar-refractivity contribution in [2.45, 2.75) is 19.0 Å². The van der Waals surface area contributed by atoms with Crippen LogP contribution in [-0.2, 0) is 6.54 Å². The Morgan fingerprint density at radius 1 is 1.54 bits per heavy atom. The van der Waals surface area contributed by atoms with Crippen LogP contribution in [0.2, 0.25) is 0 Å². The summed E-state index contributed by atoms with van der Waals surface area (Å²) in [6.45, 7) is 0.565. The Morgan fingerprint density at radius 2 is 2.31 bits per heavy atom. The molecule has 0 heterocycles. The smallest absolute Gasteiger partial charge is 0.0449 e. The predicted octanol–water partition coefficient (Wildman–Crippen LogP) is 0.328. The first-order valence-corrected chi connectivity index (χ1v) is 4.35. The predicted molar refractivity (Wildman–Crippen MR) is 51.8 cm³/mol. The SMILES string of the molecule is NCc1c[c]ccc1C(N)CCO. The highest BCUT2D eigenvalue weighted by Gasteiger charge is 2.08. The van der Waals surface area contributed by atoms with Crippen molar-refractivity contribution in [3.8, 4) is 0 Å². The van der Waals surface area contributed by atoms with Crippen molar-refractivity contribution in [3.05, 3.63) is 35.4 Å². The van der Waals surface area contributed by atoms with Gasteiger partial charge in [0.2, 0.25) is 0 Å². The molecule has 0 aliphatic carbocycles. The van der Waals surface area contributed by atoms with E-state index in [0.29, 0.717) is 13.0 Å². The molecule has 71 valence electrons. The van der Waals surface area contributed by atoms with Crippen molar-refractivity contribution in [2.24, 2.45) is 11.5 Å². The van der Waals surface area contributed by atoms with Crippen LogP contribution in [0, 0.1) is 6.07 Å². The molecule has 1 unspecified atom stereocenters. The molecule has 1 radical (unpaired) electrons. The van der Waals surface area contributed by atoms with E-state index in [1.165, 1.54) is 0 Å². The minimum Gasteiger partial charge on any atom is -0.396 e. The minimum atomic E-state index is -0.127. The van der Waals surface area contributed by atoms with E-state index in [0.717, 1.165) is 11.1 Å². The van der Waals surface area contributed by atoms with Crippen LogP contribution in [0.4, 0.5) is 0 Å². The Balaban J connectivity index is 2.85. The summed E-state index contributed by atoms with van der Waals surface area (Å²) < 4.78 is 0. The topological polar surface area (TPSA) is 72.3 Å². The second-order valence-corrected chi connectivity index (χ2v) is 2.95. The summed E-state index contributed by atoms with van der Waals surface area (Å²) in [6.07, 6.45) is 0.566. The summed E-state index contributed by atoms with van der Waals surface area (Å²) in [7, 11) is 0. The third-order valence-corrected chi connectivity index (χ3v) is 2.05. The average molecular weight is 179 g/mol. The number of benzene rings is 1. The van der Waals surface area contributed by atoms with E-state index in [9.17, 15) is 0 Å². The number of aliphatic hydroxyl groups excluding tert-OH is 1. The maximum Gasteiger partial charge on any atom is 0.0449 e. The Labute approximate surface area is 78.4 Å². The standard InChI is InChI=1S/C10H15N2O/c11-7-8-3-1-2-4-9(8)10(12)5-6-13/h2-4,10,13H,5-7,11-12H2. The third-order valence-electron chi connectivity index (χ3n) is 2.05. The molecule has 3 nitrogen and oxygen atoms in total. The van der Waals surface area contributed by atoms with Gasteiger partial charge in [0.25, 0.3) is 0 Å². The summed E-state index contributed by atoms with van der Waals surface area (Å²) in [5.41, 5.74) is 13.4. The molecule has 1 aromatic carbocycles. The van der Waals surface area contributed by atoms with E-state index >= 15 is 0 Å². The first-order chi connectivity index (χ1) is 6.29. The van der Waals surface area contributed by atoms with Crippen LogP contribution in [0.25, 0.3) is 0 Å². The van der Waals surface area contributed by atoms with E-state index in [4.69, 9.17) is 16.6 Å². The summed E-state index contributed by atoms with van der Waals surface area (Å²) in [5, 5.41) is 8.74. The highest BCUT2D eigenvalue weighted by atomic mass is 16.3. The van der Waals surface area contributed by atoms with Gasteiger partial charge < -0.3 is 16.6 Å². The van der Waals surface area contributed by atoms with Crippen LogP contribution in [-0.4, -0.2) is 11.7 Å². The number of aliphatic hydroxyl groups is 1. The molecule has 0 aromatic heterocycles. The fourth-order valence-corrected chi connectivity index (χ4v) is 1.31. The van der Waals surface area contributed by atoms with Crippen molar-refractivity contribution in [1.29, 1.82) is 0 Å². The monoisotopic (exact) mass is 179 g/mol. The quantitative estimate of drug-likeness (QED) is 0.623. The van der Waals surface area contributed by atoms with E-state index in [2.05, 4.69) is 6.07 Å². The zero-order chi connectivity index (χ0) is 9.68. The van der Waals surface area contributed by atoms with E-state index < -0.39 is 0 Å². The number of rotatable bonds is 4. The molecular weight excluding hydrogens is 164 g/mol. The van der Waals surface area contributed by atoms with Gasteiger partial charge >= 0.3 is 0 Å². The highest BCUT2D eigenvalue weighted by Crippen LogP contribution is 2.17. The van der Waals surface area contributed by atoms with Crippen molar-refractivity contribution in [1.82, 2.24) is 0 Å². The summed E-state index contributed by atoms with van der Waals surface area (Å²) >= 11 is 0. The van der Waals surface area contributed by atoms with Crippen molar-refractivity contribution in [3.63, 3.8) is 0 Å². The molecule has 13 heavy (non-hydrogen) atoms. The molecule has 0 saturated carbocycles. The van der Waals surface area contributed by atoms with Gasteiger partial charge in [-0.2, -0.15) is 0 Å². The maximum absolute atomic E-state index is 8.74. The van der Waals surface area contributed by atoms with Crippen LogP contribution in [0.3, 0.4) is 0 Å². The van der Waals surface area contributed by atoms with Crippen molar-refractivity contribution >= 4 is 0 Å². The Bertz CT molecular complexity index is 263. The van der Waals surface area contributed by atoms with Gasteiger partial charge in [-0.15, -0.1) is 0 Å². The van der Waals surface area contributed by atoms with Gasteiger partial charge in [-0.1, -0.05) is 12.1 Å². The first kappa shape index (κ1) is 10.2. The van der Waals surface area contributed by atoms with Gasteiger partial charge in [0.05, 0.1) is 0 Å². The largest absolute Gasteiger partial charge is 0.396 e. The maximum atomic E-state index is 8.74. The Hall–Kier alpha value is -0.900. The van der Waals surface area contributed by atoms with Crippen LogP contribution >= 0.6 is 0 Å².